The van der Waals surface area contributed by atoms with Crippen LogP contribution in [0.4, 0.5) is 17.5 Å². The molecule has 1 aliphatic rings. The smallest absolute Gasteiger partial charge is 0.227 e. The monoisotopic (exact) mass is 325 g/mol. The van der Waals surface area contributed by atoms with Crippen LogP contribution < -0.4 is 20.3 Å². The van der Waals surface area contributed by atoms with Gasteiger partial charge in [-0.3, -0.25) is 5.10 Å². The summed E-state index contributed by atoms with van der Waals surface area (Å²) in [6.07, 6.45) is 3.51. The highest BCUT2D eigenvalue weighted by molar-refractivity contribution is 5.83. The number of anilines is 3. The molecule has 0 unspecified atom stereocenters. The van der Waals surface area contributed by atoms with E-state index in [0.29, 0.717) is 17.5 Å². The van der Waals surface area contributed by atoms with Crippen LogP contribution in [0.25, 0.3) is 10.9 Å². The number of aromatic amines is 1. The number of piperazine rings is 1. The third-order valence-electron chi connectivity index (χ3n) is 4.07. The van der Waals surface area contributed by atoms with E-state index in [9.17, 15) is 0 Å². The minimum atomic E-state index is 0.612. The third-order valence-corrected chi connectivity index (χ3v) is 4.07. The second-order valence-corrected chi connectivity index (χ2v) is 5.62. The van der Waals surface area contributed by atoms with Crippen molar-refractivity contribution in [3.05, 3.63) is 30.6 Å². The van der Waals surface area contributed by atoms with Crippen LogP contribution in [0.1, 0.15) is 0 Å². The SMILES string of the molecule is COc1cnc(N2CCNCC2)nc1Nc1ccc2[nH]ncc2c1. The Kier molecular flexibility index (Phi) is 3.87. The highest BCUT2D eigenvalue weighted by atomic mass is 16.5. The molecule has 24 heavy (non-hydrogen) atoms. The van der Waals surface area contributed by atoms with Crippen molar-refractivity contribution in [3.8, 4) is 5.75 Å². The lowest BCUT2D eigenvalue weighted by molar-refractivity contribution is 0.413. The summed E-state index contributed by atoms with van der Waals surface area (Å²) in [5, 5.41) is 14.7. The van der Waals surface area contributed by atoms with E-state index in [1.54, 1.807) is 19.5 Å². The van der Waals surface area contributed by atoms with Gasteiger partial charge in [-0.15, -0.1) is 0 Å². The second-order valence-electron chi connectivity index (χ2n) is 5.62. The average molecular weight is 325 g/mol. The summed E-state index contributed by atoms with van der Waals surface area (Å²) in [6, 6.07) is 5.98. The van der Waals surface area contributed by atoms with Gasteiger partial charge < -0.3 is 20.3 Å². The first-order valence-electron chi connectivity index (χ1n) is 7.90. The normalized spacial score (nSPS) is 14.8. The minimum absolute atomic E-state index is 0.612. The molecule has 4 rings (SSSR count). The summed E-state index contributed by atoms with van der Waals surface area (Å²) in [7, 11) is 1.62. The fourth-order valence-corrected chi connectivity index (χ4v) is 2.77. The Bertz CT molecular complexity index is 841. The Labute approximate surface area is 139 Å². The third kappa shape index (κ3) is 2.83. The summed E-state index contributed by atoms with van der Waals surface area (Å²) < 4.78 is 5.40. The zero-order valence-corrected chi connectivity index (χ0v) is 13.4. The first kappa shape index (κ1) is 14.7. The van der Waals surface area contributed by atoms with Crippen molar-refractivity contribution in [1.29, 1.82) is 0 Å². The van der Waals surface area contributed by atoms with Gasteiger partial charge in [-0.25, -0.2) is 4.98 Å². The number of nitrogens with zero attached hydrogens (tertiary/aromatic N) is 4. The molecule has 0 saturated carbocycles. The summed E-state index contributed by atoms with van der Waals surface area (Å²) >= 11 is 0. The number of hydrogen-bond acceptors (Lipinski definition) is 7. The Balaban J connectivity index is 1.64. The largest absolute Gasteiger partial charge is 0.491 e. The minimum Gasteiger partial charge on any atom is -0.491 e. The summed E-state index contributed by atoms with van der Waals surface area (Å²) in [5.74, 6) is 1.98. The van der Waals surface area contributed by atoms with E-state index in [2.05, 4.69) is 35.7 Å². The fourth-order valence-electron chi connectivity index (χ4n) is 2.77. The second kappa shape index (κ2) is 6.32. The van der Waals surface area contributed by atoms with Gasteiger partial charge in [0.15, 0.2) is 11.6 Å². The zero-order valence-electron chi connectivity index (χ0n) is 13.4. The van der Waals surface area contributed by atoms with Crippen molar-refractivity contribution < 1.29 is 4.74 Å². The highest BCUT2D eigenvalue weighted by Crippen LogP contribution is 2.28. The van der Waals surface area contributed by atoms with Gasteiger partial charge in [0.1, 0.15) is 0 Å². The standard InChI is InChI=1S/C16H19N7O/c1-24-14-10-18-16(23-6-4-17-5-7-23)21-15(14)20-12-2-3-13-11(8-12)9-19-22-13/h2-3,8-10,17H,4-7H2,1H3,(H,19,22)(H,18,20,21). The molecular weight excluding hydrogens is 306 g/mol. The molecule has 3 N–H and O–H groups in total. The van der Waals surface area contributed by atoms with Crippen LogP contribution >= 0.6 is 0 Å². The van der Waals surface area contributed by atoms with E-state index < -0.39 is 0 Å². The quantitative estimate of drug-likeness (QED) is 0.670. The van der Waals surface area contributed by atoms with Crippen molar-refractivity contribution in [2.75, 3.05) is 43.5 Å². The summed E-state index contributed by atoms with van der Waals surface area (Å²) in [6.45, 7) is 3.67. The van der Waals surface area contributed by atoms with Crippen molar-refractivity contribution in [2.24, 2.45) is 0 Å². The number of hydrogen-bond donors (Lipinski definition) is 3. The maximum absolute atomic E-state index is 5.40. The number of methoxy groups -OCH3 is 1. The molecule has 1 fully saturated rings. The van der Waals surface area contributed by atoms with Crippen molar-refractivity contribution >= 4 is 28.4 Å². The van der Waals surface area contributed by atoms with E-state index in [1.165, 1.54) is 0 Å². The molecule has 0 bridgehead atoms. The van der Waals surface area contributed by atoms with Gasteiger partial charge in [-0.2, -0.15) is 10.1 Å². The molecule has 0 atom stereocenters. The lowest BCUT2D eigenvalue weighted by Gasteiger charge is -2.27. The maximum Gasteiger partial charge on any atom is 0.227 e. The van der Waals surface area contributed by atoms with E-state index in [-0.39, 0.29) is 0 Å². The first-order chi connectivity index (χ1) is 11.8. The number of benzene rings is 1. The fraction of sp³-hybridized carbons (Fsp3) is 0.312. The van der Waals surface area contributed by atoms with E-state index >= 15 is 0 Å². The van der Waals surface area contributed by atoms with Gasteiger partial charge in [0.25, 0.3) is 0 Å². The average Bonchev–Trinajstić information content (AvgIpc) is 3.10. The number of ether oxygens (including phenoxy) is 1. The molecule has 3 heterocycles. The van der Waals surface area contributed by atoms with Gasteiger partial charge in [-0.1, -0.05) is 0 Å². The lowest BCUT2D eigenvalue weighted by atomic mass is 10.2. The predicted octanol–water partition coefficient (Wildman–Crippen LogP) is 1.51. The Morgan fingerprint density at radius 3 is 2.92 bits per heavy atom. The zero-order chi connectivity index (χ0) is 16.4. The van der Waals surface area contributed by atoms with Crippen molar-refractivity contribution in [1.82, 2.24) is 25.5 Å². The number of rotatable bonds is 4. The van der Waals surface area contributed by atoms with Crippen molar-refractivity contribution in [3.63, 3.8) is 0 Å². The van der Waals surface area contributed by atoms with Crippen LogP contribution in [0.2, 0.25) is 0 Å². The molecule has 0 radical (unpaired) electrons. The molecular formula is C16H19N7O. The van der Waals surface area contributed by atoms with E-state index in [0.717, 1.165) is 42.8 Å². The molecule has 8 heteroatoms. The van der Waals surface area contributed by atoms with E-state index in [4.69, 9.17) is 4.74 Å². The Morgan fingerprint density at radius 1 is 1.21 bits per heavy atom. The molecule has 0 amide bonds. The maximum atomic E-state index is 5.40. The number of fused-ring (bicyclic) bond motifs is 1. The molecule has 2 aromatic heterocycles. The van der Waals surface area contributed by atoms with Gasteiger partial charge in [0.2, 0.25) is 5.95 Å². The topological polar surface area (TPSA) is 91.0 Å². The van der Waals surface area contributed by atoms with Crippen LogP contribution in [0.15, 0.2) is 30.6 Å². The Morgan fingerprint density at radius 2 is 2.08 bits per heavy atom. The van der Waals surface area contributed by atoms with Gasteiger partial charge in [-0.05, 0) is 18.2 Å². The number of aromatic nitrogens is 4. The number of H-pyrrole nitrogens is 1. The Hall–Kier alpha value is -2.87. The summed E-state index contributed by atoms with van der Waals surface area (Å²) in [4.78, 5) is 11.2. The van der Waals surface area contributed by atoms with Crippen LogP contribution in [0.5, 0.6) is 5.75 Å². The van der Waals surface area contributed by atoms with Crippen LogP contribution in [-0.2, 0) is 0 Å². The molecule has 8 nitrogen and oxygen atoms in total. The van der Waals surface area contributed by atoms with Gasteiger partial charge in [0, 0.05) is 37.3 Å². The molecule has 0 aliphatic carbocycles. The molecule has 1 aromatic carbocycles. The van der Waals surface area contributed by atoms with Crippen LogP contribution in [-0.4, -0.2) is 53.5 Å². The van der Waals surface area contributed by atoms with Gasteiger partial charge >= 0.3 is 0 Å². The molecule has 1 aliphatic heterocycles. The molecule has 124 valence electrons. The van der Waals surface area contributed by atoms with Gasteiger partial charge in [0.05, 0.1) is 25.0 Å². The lowest BCUT2D eigenvalue weighted by Crippen LogP contribution is -2.44. The molecule has 0 spiro atoms. The van der Waals surface area contributed by atoms with Crippen molar-refractivity contribution in [2.45, 2.75) is 0 Å². The first-order valence-corrected chi connectivity index (χ1v) is 7.90. The van der Waals surface area contributed by atoms with E-state index in [1.807, 2.05) is 18.2 Å². The summed E-state index contributed by atoms with van der Waals surface area (Å²) in [5.41, 5.74) is 1.92. The van der Waals surface area contributed by atoms with Crippen LogP contribution in [0, 0.1) is 0 Å². The van der Waals surface area contributed by atoms with Crippen LogP contribution in [0.3, 0.4) is 0 Å². The predicted molar refractivity (Wildman–Crippen MR) is 93.0 cm³/mol. The molecule has 3 aromatic rings. The highest BCUT2D eigenvalue weighted by Gasteiger charge is 2.16. The molecule has 1 saturated heterocycles. The number of nitrogens with one attached hydrogen (secondary N) is 3.